The molecular weight excluding hydrogens is 451 g/mol. The highest BCUT2D eigenvalue weighted by atomic mass is 19.1. The number of benzene rings is 3. The molecule has 5 rings (SSSR count). The van der Waals surface area contributed by atoms with E-state index in [1.165, 1.54) is 12.1 Å². The highest BCUT2D eigenvalue weighted by Gasteiger charge is 2.30. The van der Waals surface area contributed by atoms with Crippen molar-refractivity contribution in [1.82, 2.24) is 19.4 Å². The van der Waals surface area contributed by atoms with E-state index < -0.39 is 0 Å². The maximum atomic E-state index is 13.6. The molecule has 1 amide bonds. The number of halogens is 1. The van der Waals surface area contributed by atoms with Crippen molar-refractivity contribution >= 4 is 16.7 Å². The lowest BCUT2D eigenvalue weighted by molar-refractivity contribution is 0.0429. The van der Waals surface area contributed by atoms with Crippen LogP contribution in [0.4, 0.5) is 4.39 Å². The van der Waals surface area contributed by atoms with E-state index in [4.69, 9.17) is 0 Å². The minimum absolute atomic E-state index is 0.120. The SMILES string of the molecule is CCCCC1CN(C(=O)c2cccc3ccccc23)CCN1Cc1cncn1Cc1ccc(F)cc1. The van der Waals surface area contributed by atoms with Gasteiger partial charge in [0.25, 0.3) is 5.91 Å². The second-order valence-corrected chi connectivity index (χ2v) is 9.68. The first kappa shape index (κ1) is 24.2. The summed E-state index contributed by atoms with van der Waals surface area (Å²) in [6.45, 7) is 5.92. The van der Waals surface area contributed by atoms with Crippen LogP contribution in [0.15, 0.2) is 79.3 Å². The highest BCUT2D eigenvalue weighted by Crippen LogP contribution is 2.24. The predicted octanol–water partition coefficient (Wildman–Crippen LogP) is 5.74. The fourth-order valence-electron chi connectivity index (χ4n) is 5.20. The standard InChI is InChI=1S/C30H33FN4O/c1-2-3-9-26-20-34(30(36)29-11-6-8-24-7-4-5-10-28(24)29)17-16-33(26)21-27-18-32-22-35(27)19-23-12-14-25(31)15-13-23/h4-8,10-15,18,22,26H,2-3,9,16-17,19-21H2,1H3. The van der Waals surface area contributed by atoms with E-state index in [9.17, 15) is 9.18 Å². The quantitative estimate of drug-likeness (QED) is 0.320. The summed E-state index contributed by atoms with van der Waals surface area (Å²) < 4.78 is 15.5. The first-order valence-corrected chi connectivity index (χ1v) is 12.9. The Balaban J connectivity index is 1.31. The van der Waals surface area contributed by atoms with E-state index in [1.807, 2.05) is 59.9 Å². The Morgan fingerprint density at radius 2 is 1.81 bits per heavy atom. The van der Waals surface area contributed by atoms with Crippen molar-refractivity contribution in [2.24, 2.45) is 0 Å². The molecular formula is C30H33FN4O. The first-order chi connectivity index (χ1) is 17.6. The minimum atomic E-state index is -0.223. The third-order valence-corrected chi connectivity index (χ3v) is 7.23. The summed E-state index contributed by atoms with van der Waals surface area (Å²) in [6, 6.07) is 21.0. The zero-order valence-electron chi connectivity index (χ0n) is 20.8. The second kappa shape index (κ2) is 11.0. The number of piperazine rings is 1. The van der Waals surface area contributed by atoms with Gasteiger partial charge in [-0.1, -0.05) is 68.3 Å². The van der Waals surface area contributed by atoms with Crippen LogP contribution in [0.2, 0.25) is 0 Å². The molecule has 186 valence electrons. The molecule has 1 saturated heterocycles. The van der Waals surface area contributed by atoms with Gasteiger partial charge in [-0.15, -0.1) is 0 Å². The van der Waals surface area contributed by atoms with E-state index in [1.54, 1.807) is 0 Å². The zero-order valence-corrected chi connectivity index (χ0v) is 20.8. The number of aromatic nitrogens is 2. The van der Waals surface area contributed by atoms with Gasteiger partial charge >= 0.3 is 0 Å². The molecule has 0 spiro atoms. The molecule has 1 aliphatic heterocycles. The van der Waals surface area contributed by atoms with Crippen LogP contribution in [0.25, 0.3) is 10.8 Å². The van der Waals surface area contributed by atoms with E-state index in [0.717, 1.165) is 66.5 Å². The van der Waals surface area contributed by atoms with Crippen LogP contribution in [0.5, 0.6) is 0 Å². The van der Waals surface area contributed by atoms with Gasteiger partial charge in [0.1, 0.15) is 5.82 Å². The number of carbonyl (C=O) groups excluding carboxylic acids is 1. The number of hydrogen-bond donors (Lipinski definition) is 0. The fourth-order valence-corrected chi connectivity index (χ4v) is 5.20. The molecule has 36 heavy (non-hydrogen) atoms. The lowest BCUT2D eigenvalue weighted by Crippen LogP contribution is -2.54. The van der Waals surface area contributed by atoms with Crippen molar-refractivity contribution in [2.75, 3.05) is 19.6 Å². The van der Waals surface area contributed by atoms with Gasteiger partial charge in [-0.05, 0) is 41.0 Å². The van der Waals surface area contributed by atoms with Crippen LogP contribution in [0, 0.1) is 5.82 Å². The van der Waals surface area contributed by atoms with E-state index in [-0.39, 0.29) is 11.7 Å². The summed E-state index contributed by atoms with van der Waals surface area (Å²) >= 11 is 0. The first-order valence-electron chi connectivity index (χ1n) is 12.9. The minimum Gasteiger partial charge on any atom is -0.336 e. The van der Waals surface area contributed by atoms with Crippen molar-refractivity contribution in [3.63, 3.8) is 0 Å². The summed E-state index contributed by atoms with van der Waals surface area (Å²) in [4.78, 5) is 22.5. The maximum Gasteiger partial charge on any atom is 0.254 e. The lowest BCUT2D eigenvalue weighted by atomic mass is 10.0. The number of amides is 1. The van der Waals surface area contributed by atoms with Crippen molar-refractivity contribution in [3.05, 3.63) is 102 Å². The Bertz CT molecular complexity index is 1310. The molecule has 1 unspecified atom stereocenters. The van der Waals surface area contributed by atoms with Crippen LogP contribution >= 0.6 is 0 Å². The molecule has 0 N–H and O–H groups in total. The van der Waals surface area contributed by atoms with Gasteiger partial charge in [0.05, 0.1) is 12.0 Å². The molecule has 1 fully saturated rings. The molecule has 1 atom stereocenters. The molecule has 1 aromatic heterocycles. The predicted molar refractivity (Wildman–Crippen MR) is 141 cm³/mol. The van der Waals surface area contributed by atoms with Gasteiger partial charge in [-0.2, -0.15) is 0 Å². The molecule has 0 bridgehead atoms. The number of imidazole rings is 1. The number of rotatable bonds is 8. The van der Waals surface area contributed by atoms with Crippen LogP contribution < -0.4 is 0 Å². The molecule has 3 aromatic carbocycles. The molecule has 0 saturated carbocycles. The third-order valence-electron chi connectivity index (χ3n) is 7.23. The molecule has 2 heterocycles. The molecule has 4 aromatic rings. The van der Waals surface area contributed by atoms with Crippen LogP contribution in [0.1, 0.15) is 47.8 Å². The summed E-state index contributed by atoms with van der Waals surface area (Å²) in [5.74, 6) is -0.103. The van der Waals surface area contributed by atoms with Crippen molar-refractivity contribution in [1.29, 1.82) is 0 Å². The average Bonchev–Trinajstić information content (AvgIpc) is 3.35. The zero-order chi connectivity index (χ0) is 24.9. The van der Waals surface area contributed by atoms with Crippen molar-refractivity contribution in [2.45, 2.75) is 45.3 Å². The largest absolute Gasteiger partial charge is 0.336 e. The number of unbranched alkanes of at least 4 members (excludes halogenated alkanes) is 1. The summed E-state index contributed by atoms with van der Waals surface area (Å²) in [6.07, 6.45) is 7.09. The highest BCUT2D eigenvalue weighted by molar-refractivity contribution is 6.07. The van der Waals surface area contributed by atoms with Crippen molar-refractivity contribution in [3.8, 4) is 0 Å². The Kier molecular flexibility index (Phi) is 7.42. The summed E-state index contributed by atoms with van der Waals surface area (Å²) in [5, 5.41) is 2.11. The van der Waals surface area contributed by atoms with Gasteiger partial charge in [0.15, 0.2) is 0 Å². The monoisotopic (exact) mass is 484 g/mol. The molecule has 5 nitrogen and oxygen atoms in total. The van der Waals surface area contributed by atoms with E-state index >= 15 is 0 Å². The maximum absolute atomic E-state index is 13.6. The Labute approximate surface area is 212 Å². The Morgan fingerprint density at radius 1 is 1.00 bits per heavy atom. The topological polar surface area (TPSA) is 41.4 Å². The normalized spacial score (nSPS) is 16.5. The molecule has 0 radical (unpaired) electrons. The Morgan fingerprint density at radius 3 is 2.64 bits per heavy atom. The molecule has 0 aliphatic carbocycles. The Hall–Kier alpha value is -3.51. The average molecular weight is 485 g/mol. The van der Waals surface area contributed by atoms with E-state index in [0.29, 0.717) is 19.1 Å². The van der Waals surface area contributed by atoms with Gasteiger partial charge < -0.3 is 9.47 Å². The summed E-state index contributed by atoms with van der Waals surface area (Å²) in [5.41, 5.74) is 2.96. The van der Waals surface area contributed by atoms with E-state index in [2.05, 4.69) is 33.5 Å². The lowest BCUT2D eigenvalue weighted by Gasteiger charge is -2.41. The van der Waals surface area contributed by atoms with Gasteiger partial charge in [0.2, 0.25) is 0 Å². The molecule has 6 heteroatoms. The fraction of sp³-hybridized carbons (Fsp3) is 0.333. The number of carbonyl (C=O) groups is 1. The number of hydrogen-bond acceptors (Lipinski definition) is 3. The molecule has 1 aliphatic rings. The van der Waals surface area contributed by atoms with Crippen LogP contribution in [-0.2, 0) is 13.1 Å². The van der Waals surface area contributed by atoms with Crippen LogP contribution in [-0.4, -0.2) is 50.9 Å². The smallest absolute Gasteiger partial charge is 0.254 e. The van der Waals surface area contributed by atoms with Gasteiger partial charge in [0, 0.05) is 50.5 Å². The second-order valence-electron chi connectivity index (χ2n) is 9.68. The van der Waals surface area contributed by atoms with Crippen LogP contribution in [0.3, 0.4) is 0 Å². The summed E-state index contributed by atoms with van der Waals surface area (Å²) in [7, 11) is 0. The third kappa shape index (κ3) is 5.34. The van der Waals surface area contributed by atoms with Gasteiger partial charge in [-0.25, -0.2) is 9.37 Å². The number of fused-ring (bicyclic) bond motifs is 1. The number of nitrogens with zero attached hydrogens (tertiary/aromatic N) is 4. The van der Waals surface area contributed by atoms with Gasteiger partial charge in [-0.3, -0.25) is 9.69 Å². The van der Waals surface area contributed by atoms with Crippen molar-refractivity contribution < 1.29 is 9.18 Å².